The molecule has 3 rings (SSSR count). The molecule has 0 fully saturated rings. The first kappa shape index (κ1) is 25.7. The lowest BCUT2D eigenvalue weighted by atomic mass is 10.1. The van der Waals surface area contributed by atoms with Gasteiger partial charge in [0, 0.05) is 30.0 Å². The summed E-state index contributed by atoms with van der Waals surface area (Å²) in [4.78, 5) is 29.6. The maximum atomic E-state index is 13.0. The predicted octanol–water partition coefficient (Wildman–Crippen LogP) is 4.45. The summed E-state index contributed by atoms with van der Waals surface area (Å²) in [7, 11) is 0. The van der Waals surface area contributed by atoms with Crippen molar-refractivity contribution in [3.63, 3.8) is 0 Å². The fourth-order valence-corrected chi connectivity index (χ4v) is 3.84. The third-order valence-corrected chi connectivity index (χ3v) is 5.74. The van der Waals surface area contributed by atoms with E-state index in [0.29, 0.717) is 42.3 Å². The number of hydrogen-bond donors (Lipinski definition) is 2. The van der Waals surface area contributed by atoms with E-state index in [0.717, 1.165) is 23.5 Å². The molecule has 3 aromatic rings. The van der Waals surface area contributed by atoms with E-state index in [4.69, 9.17) is 4.74 Å². The van der Waals surface area contributed by atoms with Gasteiger partial charge < -0.3 is 10.1 Å². The highest BCUT2D eigenvalue weighted by Crippen LogP contribution is 2.15. The van der Waals surface area contributed by atoms with E-state index in [1.165, 1.54) is 5.56 Å². The Labute approximate surface area is 206 Å². The smallest absolute Gasteiger partial charge is 0.338 e. The predicted molar refractivity (Wildman–Crippen MR) is 138 cm³/mol. The lowest BCUT2D eigenvalue weighted by Gasteiger charge is -2.13. The Hall–Kier alpha value is -3.94. The molecule has 0 saturated carbocycles. The number of hydrogen-bond acceptors (Lipinski definition) is 5. The summed E-state index contributed by atoms with van der Waals surface area (Å²) >= 11 is 0. The average Bonchev–Trinajstić information content (AvgIpc) is 3.12. The topological polar surface area (TPSA) is 97.6 Å². The molecule has 0 unspecified atom stereocenters. The lowest BCUT2D eigenvalue weighted by molar-refractivity contribution is 0.0526. The zero-order valence-corrected chi connectivity index (χ0v) is 21.0. The van der Waals surface area contributed by atoms with E-state index in [-0.39, 0.29) is 11.9 Å². The van der Waals surface area contributed by atoms with Crippen molar-refractivity contribution in [2.24, 2.45) is 4.99 Å². The van der Waals surface area contributed by atoms with Crippen molar-refractivity contribution in [2.75, 3.05) is 18.5 Å². The summed E-state index contributed by atoms with van der Waals surface area (Å²) in [6, 6.07) is 14.2. The fraction of sp³-hybridized carbons (Fsp3) is 0.333. The van der Waals surface area contributed by atoms with Crippen molar-refractivity contribution in [1.29, 1.82) is 0 Å². The molecule has 2 aromatic carbocycles. The Balaban J connectivity index is 1.80. The number of guanidine groups is 1. The molecule has 8 nitrogen and oxygen atoms in total. The van der Waals surface area contributed by atoms with Gasteiger partial charge in [0.15, 0.2) is 0 Å². The minimum atomic E-state index is -0.376. The molecular formula is C27H33N5O3. The van der Waals surface area contributed by atoms with Crippen molar-refractivity contribution < 1.29 is 14.3 Å². The number of anilines is 1. The number of aromatic nitrogens is 2. The van der Waals surface area contributed by atoms with Gasteiger partial charge in [0.2, 0.25) is 5.96 Å². The average molecular weight is 476 g/mol. The van der Waals surface area contributed by atoms with Gasteiger partial charge in [-0.3, -0.25) is 19.8 Å². The molecule has 0 atom stereocenters. The number of aryl methyl sites for hydroxylation is 3. The van der Waals surface area contributed by atoms with Crippen LogP contribution in [-0.4, -0.2) is 40.8 Å². The van der Waals surface area contributed by atoms with Gasteiger partial charge in [-0.15, -0.1) is 0 Å². The second-order valence-corrected chi connectivity index (χ2v) is 8.14. The summed E-state index contributed by atoms with van der Waals surface area (Å²) in [6.07, 6.45) is 0.699. The van der Waals surface area contributed by atoms with Crippen molar-refractivity contribution in [3.05, 3.63) is 82.2 Å². The summed E-state index contributed by atoms with van der Waals surface area (Å²) < 4.78 is 7.02. The first-order valence-electron chi connectivity index (χ1n) is 11.8. The molecule has 2 N–H and O–H groups in total. The number of nitrogens with one attached hydrogen (secondary N) is 2. The highest BCUT2D eigenvalue weighted by atomic mass is 16.5. The molecular weight excluding hydrogens is 442 g/mol. The summed E-state index contributed by atoms with van der Waals surface area (Å²) in [5.41, 5.74) is 5.89. The van der Waals surface area contributed by atoms with Crippen molar-refractivity contribution in [1.82, 2.24) is 15.1 Å². The van der Waals surface area contributed by atoms with Gasteiger partial charge in [-0.1, -0.05) is 18.2 Å². The summed E-state index contributed by atoms with van der Waals surface area (Å²) in [5.74, 6) is -0.289. The Morgan fingerprint density at radius 1 is 1.03 bits per heavy atom. The molecule has 184 valence electrons. The standard InChI is InChI=1S/C27H33N5O3/c1-6-32-20(5)24(19(4)31-32)16-17-28-27(30-25(33)23-11-9-8-10-18(23)3)29-22-14-12-21(13-15-22)26(34)35-7-2/h8-15H,6-7,16-17H2,1-5H3,(H2,28,29,30,33). The summed E-state index contributed by atoms with van der Waals surface area (Å²) in [5, 5.41) is 10.6. The van der Waals surface area contributed by atoms with Crippen LogP contribution in [0.2, 0.25) is 0 Å². The van der Waals surface area contributed by atoms with E-state index in [9.17, 15) is 9.59 Å². The number of carbonyl (C=O) groups is 2. The zero-order valence-electron chi connectivity index (χ0n) is 21.0. The SMILES string of the molecule is CCOC(=O)c1ccc(NC(=NCCc2c(C)nn(CC)c2C)NC(=O)c2ccccc2C)cc1. The molecule has 1 heterocycles. The van der Waals surface area contributed by atoms with E-state index in [1.807, 2.05) is 36.7 Å². The maximum absolute atomic E-state index is 13.0. The van der Waals surface area contributed by atoms with Crippen LogP contribution in [0, 0.1) is 20.8 Å². The Morgan fingerprint density at radius 3 is 2.37 bits per heavy atom. The van der Waals surface area contributed by atoms with Gasteiger partial charge in [0.1, 0.15) is 0 Å². The van der Waals surface area contributed by atoms with Crippen LogP contribution < -0.4 is 10.6 Å². The largest absolute Gasteiger partial charge is 0.462 e. The van der Waals surface area contributed by atoms with Crippen LogP contribution in [0.4, 0.5) is 5.69 Å². The lowest BCUT2D eigenvalue weighted by Crippen LogP contribution is -2.36. The third kappa shape index (κ3) is 6.56. The Kier molecular flexibility index (Phi) is 8.78. The van der Waals surface area contributed by atoms with Gasteiger partial charge in [0.05, 0.1) is 17.9 Å². The van der Waals surface area contributed by atoms with E-state index >= 15 is 0 Å². The van der Waals surface area contributed by atoms with Crippen LogP contribution in [0.3, 0.4) is 0 Å². The number of carbonyl (C=O) groups excluding carboxylic acids is 2. The number of aliphatic imine (C=N–C) groups is 1. The number of amides is 1. The Morgan fingerprint density at radius 2 is 1.74 bits per heavy atom. The number of benzene rings is 2. The van der Waals surface area contributed by atoms with Crippen LogP contribution in [0.15, 0.2) is 53.5 Å². The van der Waals surface area contributed by atoms with E-state index in [2.05, 4.69) is 34.6 Å². The molecule has 0 aliphatic rings. The molecule has 0 aliphatic heterocycles. The molecule has 35 heavy (non-hydrogen) atoms. The van der Waals surface area contributed by atoms with Crippen LogP contribution in [0.1, 0.15) is 57.1 Å². The van der Waals surface area contributed by atoms with Crippen LogP contribution in [-0.2, 0) is 17.7 Å². The molecule has 1 amide bonds. The van der Waals surface area contributed by atoms with Crippen molar-refractivity contribution in [2.45, 2.75) is 47.6 Å². The van der Waals surface area contributed by atoms with Crippen molar-refractivity contribution >= 4 is 23.5 Å². The van der Waals surface area contributed by atoms with Crippen LogP contribution in [0.25, 0.3) is 0 Å². The van der Waals surface area contributed by atoms with Gasteiger partial charge in [-0.05, 0) is 82.5 Å². The molecule has 8 heteroatoms. The van der Waals surface area contributed by atoms with Crippen LogP contribution >= 0.6 is 0 Å². The van der Waals surface area contributed by atoms with E-state index in [1.54, 1.807) is 37.3 Å². The number of ether oxygens (including phenoxy) is 1. The molecule has 1 aromatic heterocycles. The minimum absolute atomic E-state index is 0.247. The third-order valence-electron chi connectivity index (χ3n) is 5.74. The van der Waals surface area contributed by atoms with E-state index < -0.39 is 0 Å². The van der Waals surface area contributed by atoms with Gasteiger partial charge in [0.25, 0.3) is 5.91 Å². The molecule has 0 bridgehead atoms. The first-order chi connectivity index (χ1) is 16.8. The highest BCUT2D eigenvalue weighted by Gasteiger charge is 2.14. The monoisotopic (exact) mass is 475 g/mol. The second kappa shape index (κ2) is 12.0. The molecule has 0 saturated heterocycles. The number of nitrogens with zero attached hydrogens (tertiary/aromatic N) is 3. The zero-order chi connectivity index (χ0) is 25.4. The van der Waals surface area contributed by atoms with Gasteiger partial charge >= 0.3 is 5.97 Å². The number of rotatable bonds is 8. The maximum Gasteiger partial charge on any atom is 0.338 e. The normalized spacial score (nSPS) is 11.3. The van der Waals surface area contributed by atoms with Crippen molar-refractivity contribution in [3.8, 4) is 0 Å². The fourth-order valence-electron chi connectivity index (χ4n) is 3.84. The quantitative estimate of drug-likeness (QED) is 0.285. The molecule has 0 aliphatic carbocycles. The molecule has 0 spiro atoms. The number of esters is 1. The summed E-state index contributed by atoms with van der Waals surface area (Å²) in [6.45, 7) is 11.4. The highest BCUT2D eigenvalue weighted by molar-refractivity contribution is 6.10. The first-order valence-corrected chi connectivity index (χ1v) is 11.8. The van der Waals surface area contributed by atoms with Gasteiger partial charge in [-0.2, -0.15) is 5.10 Å². The Bertz CT molecular complexity index is 1210. The van der Waals surface area contributed by atoms with Gasteiger partial charge in [-0.25, -0.2) is 4.79 Å². The second-order valence-electron chi connectivity index (χ2n) is 8.14. The minimum Gasteiger partial charge on any atom is -0.462 e. The molecule has 0 radical (unpaired) electrons. The van der Waals surface area contributed by atoms with Crippen LogP contribution in [0.5, 0.6) is 0 Å².